The Bertz CT molecular complexity index is 607. The zero-order chi connectivity index (χ0) is 14.7. The normalized spacial score (nSPS) is 17.5. The van der Waals surface area contributed by atoms with Crippen molar-refractivity contribution in [1.82, 2.24) is 25.1 Å². The van der Waals surface area contributed by atoms with Crippen molar-refractivity contribution < 1.29 is 4.79 Å². The fraction of sp³-hybridized carbons (Fsp3) is 0.571. The second kappa shape index (κ2) is 6.34. The minimum Gasteiger partial charge on any atom is -0.346 e. The van der Waals surface area contributed by atoms with Gasteiger partial charge in [0.25, 0.3) is 0 Å². The van der Waals surface area contributed by atoms with E-state index in [1.807, 2.05) is 17.0 Å². The smallest absolute Gasteiger partial charge is 0.221 e. The van der Waals surface area contributed by atoms with Gasteiger partial charge in [0.05, 0.1) is 11.0 Å². The van der Waals surface area contributed by atoms with Crippen molar-refractivity contribution in [3.8, 4) is 0 Å². The summed E-state index contributed by atoms with van der Waals surface area (Å²) in [5.74, 6) is 1.82. The van der Waals surface area contributed by atoms with E-state index in [1.54, 1.807) is 17.5 Å². The zero-order valence-electron chi connectivity index (χ0n) is 12.1. The quantitative estimate of drug-likeness (QED) is 0.915. The summed E-state index contributed by atoms with van der Waals surface area (Å²) < 4.78 is 1.94. The first-order valence-corrected chi connectivity index (χ1v) is 8.25. The van der Waals surface area contributed by atoms with Crippen LogP contribution in [-0.4, -0.2) is 25.7 Å². The predicted molar refractivity (Wildman–Crippen MR) is 80.0 cm³/mol. The molecule has 0 aromatic carbocycles. The molecule has 1 atom stereocenters. The highest BCUT2D eigenvalue weighted by molar-refractivity contribution is 7.09. The predicted octanol–water partition coefficient (Wildman–Crippen LogP) is 1.88. The van der Waals surface area contributed by atoms with E-state index in [0.717, 1.165) is 42.5 Å². The minimum atomic E-state index is -0.00431. The molecule has 1 N–H and O–H groups in total. The summed E-state index contributed by atoms with van der Waals surface area (Å²) in [5.41, 5.74) is 0. The van der Waals surface area contributed by atoms with Gasteiger partial charge in [0.2, 0.25) is 5.91 Å². The van der Waals surface area contributed by atoms with E-state index in [1.165, 1.54) is 0 Å². The molecular formula is C14H19N5OS. The lowest BCUT2D eigenvalue weighted by Gasteiger charge is -2.23. The van der Waals surface area contributed by atoms with Crippen LogP contribution < -0.4 is 5.32 Å². The first-order chi connectivity index (χ1) is 10.3. The second-order valence-corrected chi connectivity index (χ2v) is 6.13. The molecule has 1 aliphatic heterocycles. The summed E-state index contributed by atoms with van der Waals surface area (Å²) >= 11 is 1.59. The molecule has 21 heavy (non-hydrogen) atoms. The van der Waals surface area contributed by atoms with Crippen LogP contribution in [0.2, 0.25) is 0 Å². The molecule has 1 unspecified atom stereocenters. The topological polar surface area (TPSA) is 72.7 Å². The van der Waals surface area contributed by atoms with Gasteiger partial charge in [0, 0.05) is 37.4 Å². The second-order valence-electron chi connectivity index (χ2n) is 5.15. The maximum absolute atomic E-state index is 12.1. The van der Waals surface area contributed by atoms with E-state index in [-0.39, 0.29) is 11.9 Å². The number of amides is 1. The molecule has 112 valence electrons. The van der Waals surface area contributed by atoms with Gasteiger partial charge in [0.15, 0.2) is 5.82 Å². The Balaban J connectivity index is 1.60. The van der Waals surface area contributed by atoms with Crippen LogP contribution in [0.25, 0.3) is 0 Å². The first-order valence-electron chi connectivity index (χ1n) is 7.37. The van der Waals surface area contributed by atoms with Gasteiger partial charge in [-0.2, -0.15) is 5.10 Å². The van der Waals surface area contributed by atoms with Gasteiger partial charge >= 0.3 is 0 Å². The Kier molecular flexibility index (Phi) is 4.28. The van der Waals surface area contributed by atoms with Gasteiger partial charge in [-0.15, -0.1) is 11.3 Å². The molecule has 0 bridgehead atoms. The Morgan fingerprint density at radius 2 is 2.48 bits per heavy atom. The molecule has 0 aliphatic carbocycles. The van der Waals surface area contributed by atoms with Gasteiger partial charge in [0.1, 0.15) is 5.82 Å². The Hall–Kier alpha value is -1.76. The number of aryl methyl sites for hydroxylation is 3. The minimum absolute atomic E-state index is 0.00431. The molecule has 0 fully saturated rings. The standard InChI is InChI=1S/C14H19N5OS/c1-2-11-17-14-10(4-3-8-19(14)18-11)16-12(20)5-6-13-15-7-9-21-13/h7,9-10H,2-6,8H2,1H3,(H,16,20). The molecule has 7 heteroatoms. The van der Waals surface area contributed by atoms with Crippen molar-refractivity contribution in [2.45, 2.75) is 51.6 Å². The maximum atomic E-state index is 12.1. The third-order valence-electron chi connectivity index (χ3n) is 3.62. The Morgan fingerprint density at radius 1 is 1.57 bits per heavy atom. The van der Waals surface area contributed by atoms with Crippen LogP contribution in [0.5, 0.6) is 0 Å². The van der Waals surface area contributed by atoms with Crippen LogP contribution in [0.15, 0.2) is 11.6 Å². The lowest BCUT2D eigenvalue weighted by Crippen LogP contribution is -2.33. The van der Waals surface area contributed by atoms with Gasteiger partial charge in [-0.3, -0.25) is 4.79 Å². The number of nitrogens with zero attached hydrogens (tertiary/aromatic N) is 4. The van der Waals surface area contributed by atoms with Crippen molar-refractivity contribution in [3.05, 3.63) is 28.2 Å². The Labute approximate surface area is 127 Å². The average Bonchev–Trinajstić information content (AvgIpc) is 3.14. The maximum Gasteiger partial charge on any atom is 0.221 e. The van der Waals surface area contributed by atoms with Gasteiger partial charge in [-0.05, 0) is 12.8 Å². The van der Waals surface area contributed by atoms with Crippen LogP contribution in [0.4, 0.5) is 0 Å². The van der Waals surface area contributed by atoms with Crippen LogP contribution in [-0.2, 0) is 24.2 Å². The van der Waals surface area contributed by atoms with Crippen LogP contribution >= 0.6 is 11.3 Å². The number of aromatic nitrogens is 4. The lowest BCUT2D eigenvalue weighted by molar-refractivity contribution is -0.122. The average molecular weight is 305 g/mol. The van der Waals surface area contributed by atoms with Crippen molar-refractivity contribution >= 4 is 17.2 Å². The van der Waals surface area contributed by atoms with E-state index in [0.29, 0.717) is 12.8 Å². The lowest BCUT2D eigenvalue weighted by atomic mass is 10.1. The fourth-order valence-electron chi connectivity index (χ4n) is 2.55. The van der Waals surface area contributed by atoms with Crippen molar-refractivity contribution in [2.75, 3.05) is 0 Å². The van der Waals surface area contributed by atoms with Crippen molar-refractivity contribution in [3.63, 3.8) is 0 Å². The number of thiazole rings is 1. The highest BCUT2D eigenvalue weighted by Crippen LogP contribution is 2.23. The summed E-state index contributed by atoms with van der Waals surface area (Å²) in [6.45, 7) is 2.94. The summed E-state index contributed by atoms with van der Waals surface area (Å²) in [6, 6.07) is -0.00431. The molecule has 3 heterocycles. The van der Waals surface area contributed by atoms with E-state index in [2.05, 4.69) is 20.4 Å². The molecule has 1 amide bonds. The molecule has 1 aliphatic rings. The molecule has 0 spiro atoms. The number of hydrogen-bond donors (Lipinski definition) is 1. The third-order valence-corrected chi connectivity index (χ3v) is 4.46. The molecule has 3 rings (SSSR count). The highest BCUT2D eigenvalue weighted by atomic mass is 32.1. The molecule has 2 aromatic rings. The summed E-state index contributed by atoms with van der Waals surface area (Å²) in [6.07, 6.45) is 5.72. The van der Waals surface area contributed by atoms with E-state index < -0.39 is 0 Å². The Morgan fingerprint density at radius 3 is 3.24 bits per heavy atom. The molecule has 0 saturated carbocycles. The third kappa shape index (κ3) is 3.29. The number of carbonyl (C=O) groups is 1. The number of carbonyl (C=O) groups excluding carboxylic acids is 1. The summed E-state index contributed by atoms with van der Waals surface area (Å²) in [4.78, 5) is 20.8. The molecular weight excluding hydrogens is 286 g/mol. The molecule has 2 aromatic heterocycles. The number of rotatable bonds is 5. The van der Waals surface area contributed by atoms with E-state index in [9.17, 15) is 4.79 Å². The van der Waals surface area contributed by atoms with Gasteiger partial charge in [-0.1, -0.05) is 6.92 Å². The number of fused-ring (bicyclic) bond motifs is 1. The van der Waals surface area contributed by atoms with E-state index >= 15 is 0 Å². The zero-order valence-corrected chi connectivity index (χ0v) is 12.9. The number of hydrogen-bond acceptors (Lipinski definition) is 5. The highest BCUT2D eigenvalue weighted by Gasteiger charge is 2.25. The van der Waals surface area contributed by atoms with Crippen molar-refractivity contribution in [1.29, 1.82) is 0 Å². The largest absolute Gasteiger partial charge is 0.346 e. The van der Waals surface area contributed by atoms with Gasteiger partial charge < -0.3 is 5.32 Å². The number of nitrogens with one attached hydrogen (secondary N) is 1. The van der Waals surface area contributed by atoms with Crippen molar-refractivity contribution in [2.24, 2.45) is 0 Å². The molecule has 0 saturated heterocycles. The first kappa shape index (κ1) is 14.2. The molecule has 0 radical (unpaired) electrons. The van der Waals surface area contributed by atoms with Crippen LogP contribution in [0, 0.1) is 0 Å². The van der Waals surface area contributed by atoms with E-state index in [4.69, 9.17) is 0 Å². The summed E-state index contributed by atoms with van der Waals surface area (Å²) in [7, 11) is 0. The fourth-order valence-corrected chi connectivity index (χ4v) is 3.17. The summed E-state index contributed by atoms with van der Waals surface area (Å²) in [5, 5.41) is 10.5. The van der Waals surface area contributed by atoms with Crippen LogP contribution in [0.1, 0.15) is 48.9 Å². The monoisotopic (exact) mass is 305 g/mol. The van der Waals surface area contributed by atoms with Gasteiger partial charge in [-0.25, -0.2) is 14.6 Å². The van der Waals surface area contributed by atoms with Crippen LogP contribution in [0.3, 0.4) is 0 Å². The molecule has 6 nitrogen and oxygen atoms in total. The SMILES string of the molecule is CCc1nc2n(n1)CCCC2NC(=O)CCc1nccs1.